The monoisotopic (exact) mass is 276 g/mol. The summed E-state index contributed by atoms with van der Waals surface area (Å²) in [5.74, 6) is 5.84. The Labute approximate surface area is 122 Å². The molecule has 0 bridgehead atoms. The van der Waals surface area contributed by atoms with Crippen LogP contribution in [0, 0.1) is 0 Å². The van der Waals surface area contributed by atoms with Crippen molar-refractivity contribution in [3.63, 3.8) is 0 Å². The highest BCUT2D eigenvalue weighted by Gasteiger charge is 2.42. The normalized spacial score (nSPS) is 20.1. The molecule has 1 aromatic carbocycles. The van der Waals surface area contributed by atoms with E-state index in [1.54, 1.807) is 7.11 Å². The van der Waals surface area contributed by atoms with E-state index in [1.165, 1.54) is 24.0 Å². The first-order valence-electron chi connectivity index (χ1n) is 7.55. The van der Waals surface area contributed by atoms with E-state index < -0.39 is 0 Å². The highest BCUT2D eigenvalue weighted by molar-refractivity contribution is 5.31. The first-order valence-corrected chi connectivity index (χ1v) is 7.55. The maximum Gasteiger partial charge on any atom is 0.0885 e. The van der Waals surface area contributed by atoms with Crippen molar-refractivity contribution in [2.75, 3.05) is 7.11 Å². The van der Waals surface area contributed by atoms with Crippen LogP contribution in [0.5, 0.6) is 0 Å². The number of hydrogen-bond acceptors (Lipinski definition) is 3. The van der Waals surface area contributed by atoms with Gasteiger partial charge in [-0.05, 0) is 29.4 Å². The lowest BCUT2D eigenvalue weighted by Crippen LogP contribution is -2.46. The number of hydrazine groups is 1. The summed E-state index contributed by atoms with van der Waals surface area (Å²) in [6, 6.07) is 8.84. The van der Waals surface area contributed by atoms with Gasteiger partial charge in [-0.1, -0.05) is 57.9 Å². The molecule has 1 unspecified atom stereocenters. The van der Waals surface area contributed by atoms with Gasteiger partial charge in [0.2, 0.25) is 0 Å². The topological polar surface area (TPSA) is 47.3 Å². The second kappa shape index (κ2) is 5.84. The van der Waals surface area contributed by atoms with E-state index in [2.05, 4.69) is 50.5 Å². The molecule has 1 atom stereocenters. The smallest absolute Gasteiger partial charge is 0.0885 e. The fraction of sp³-hybridized carbons (Fsp3) is 0.647. The number of methoxy groups -OCH3 is 1. The standard InChI is InChI=1S/C17H28N2O/c1-16(2,3)14-9-7-13(8-10-14)15(19-18)17(20-4)11-5-6-12-17/h7-10,15,19H,5-6,11-12,18H2,1-4H3. The van der Waals surface area contributed by atoms with Crippen LogP contribution in [-0.4, -0.2) is 12.7 Å². The number of ether oxygens (including phenoxy) is 1. The van der Waals surface area contributed by atoms with E-state index in [-0.39, 0.29) is 17.1 Å². The maximum absolute atomic E-state index is 5.86. The molecule has 0 heterocycles. The van der Waals surface area contributed by atoms with Crippen LogP contribution in [0.1, 0.15) is 63.6 Å². The highest BCUT2D eigenvalue weighted by Crippen LogP contribution is 2.42. The molecule has 3 nitrogen and oxygen atoms in total. The predicted molar refractivity (Wildman–Crippen MR) is 83.4 cm³/mol. The van der Waals surface area contributed by atoms with Crippen molar-refractivity contribution in [2.24, 2.45) is 5.84 Å². The van der Waals surface area contributed by atoms with Crippen molar-refractivity contribution in [2.45, 2.75) is 63.5 Å². The highest BCUT2D eigenvalue weighted by atomic mass is 16.5. The van der Waals surface area contributed by atoms with Gasteiger partial charge in [-0.25, -0.2) is 0 Å². The molecule has 112 valence electrons. The lowest BCUT2D eigenvalue weighted by atomic mass is 9.83. The average molecular weight is 276 g/mol. The zero-order valence-electron chi connectivity index (χ0n) is 13.2. The molecular formula is C17H28N2O. The molecule has 1 saturated carbocycles. The van der Waals surface area contributed by atoms with Gasteiger partial charge in [-0.2, -0.15) is 0 Å². The van der Waals surface area contributed by atoms with Gasteiger partial charge in [-0.3, -0.25) is 11.3 Å². The van der Waals surface area contributed by atoms with E-state index >= 15 is 0 Å². The van der Waals surface area contributed by atoms with Crippen LogP contribution in [0.25, 0.3) is 0 Å². The molecule has 20 heavy (non-hydrogen) atoms. The minimum Gasteiger partial charge on any atom is -0.376 e. The fourth-order valence-corrected chi connectivity index (χ4v) is 3.31. The number of rotatable bonds is 4. The van der Waals surface area contributed by atoms with Crippen LogP contribution in [0.2, 0.25) is 0 Å². The van der Waals surface area contributed by atoms with E-state index in [0.717, 1.165) is 12.8 Å². The zero-order chi connectivity index (χ0) is 14.8. The summed E-state index contributed by atoms with van der Waals surface area (Å²) >= 11 is 0. The van der Waals surface area contributed by atoms with Crippen LogP contribution >= 0.6 is 0 Å². The number of nitrogens with two attached hydrogens (primary N) is 1. The molecule has 0 spiro atoms. The summed E-state index contributed by atoms with van der Waals surface area (Å²) in [5.41, 5.74) is 5.56. The molecular weight excluding hydrogens is 248 g/mol. The molecule has 0 radical (unpaired) electrons. The number of benzene rings is 1. The maximum atomic E-state index is 5.86. The molecule has 3 N–H and O–H groups in total. The average Bonchev–Trinajstić information content (AvgIpc) is 2.89. The minimum absolute atomic E-state index is 0.0593. The quantitative estimate of drug-likeness (QED) is 0.654. The van der Waals surface area contributed by atoms with Crippen molar-refractivity contribution in [3.8, 4) is 0 Å². The second-order valence-corrected chi connectivity index (χ2v) is 6.95. The Bertz CT molecular complexity index is 427. The third kappa shape index (κ3) is 2.90. The Morgan fingerprint density at radius 2 is 1.70 bits per heavy atom. The first kappa shape index (κ1) is 15.5. The molecule has 0 amide bonds. The molecule has 1 aliphatic carbocycles. The number of nitrogens with one attached hydrogen (secondary N) is 1. The van der Waals surface area contributed by atoms with Crippen LogP contribution in [0.15, 0.2) is 24.3 Å². The van der Waals surface area contributed by atoms with Crippen molar-refractivity contribution in [1.82, 2.24) is 5.43 Å². The number of hydrogen-bond donors (Lipinski definition) is 2. The van der Waals surface area contributed by atoms with Crippen LogP contribution in [-0.2, 0) is 10.2 Å². The Hall–Kier alpha value is -0.900. The fourth-order valence-electron chi connectivity index (χ4n) is 3.31. The molecule has 3 heteroatoms. The molecule has 2 rings (SSSR count). The van der Waals surface area contributed by atoms with Gasteiger partial charge in [0.05, 0.1) is 11.6 Å². The summed E-state index contributed by atoms with van der Waals surface area (Å²) in [5, 5.41) is 0. The van der Waals surface area contributed by atoms with Gasteiger partial charge >= 0.3 is 0 Å². The molecule has 1 fully saturated rings. The van der Waals surface area contributed by atoms with Gasteiger partial charge in [0.25, 0.3) is 0 Å². The second-order valence-electron chi connectivity index (χ2n) is 6.95. The Morgan fingerprint density at radius 1 is 1.15 bits per heavy atom. The summed E-state index contributed by atoms with van der Waals surface area (Å²) in [7, 11) is 1.80. The van der Waals surface area contributed by atoms with Crippen LogP contribution in [0.4, 0.5) is 0 Å². The Kier molecular flexibility index (Phi) is 4.52. The van der Waals surface area contributed by atoms with Gasteiger partial charge in [0.1, 0.15) is 0 Å². The molecule has 1 aromatic rings. The van der Waals surface area contributed by atoms with Gasteiger partial charge < -0.3 is 4.74 Å². The Morgan fingerprint density at radius 3 is 2.10 bits per heavy atom. The molecule has 0 saturated heterocycles. The van der Waals surface area contributed by atoms with Crippen molar-refractivity contribution < 1.29 is 4.74 Å². The van der Waals surface area contributed by atoms with E-state index in [1.807, 2.05) is 0 Å². The lowest BCUT2D eigenvalue weighted by molar-refractivity contribution is -0.0368. The summed E-state index contributed by atoms with van der Waals surface area (Å²) in [6.45, 7) is 6.69. The SMILES string of the molecule is COC1(C(NN)c2ccc(C(C)(C)C)cc2)CCCC1. The van der Waals surface area contributed by atoms with E-state index in [9.17, 15) is 0 Å². The van der Waals surface area contributed by atoms with Gasteiger partial charge in [-0.15, -0.1) is 0 Å². The molecule has 0 aromatic heterocycles. The van der Waals surface area contributed by atoms with E-state index in [0.29, 0.717) is 0 Å². The summed E-state index contributed by atoms with van der Waals surface area (Å²) in [4.78, 5) is 0. The van der Waals surface area contributed by atoms with Crippen LogP contribution in [0.3, 0.4) is 0 Å². The predicted octanol–water partition coefficient (Wildman–Crippen LogP) is 3.45. The lowest BCUT2D eigenvalue weighted by Gasteiger charge is -2.36. The van der Waals surface area contributed by atoms with Crippen LogP contribution < -0.4 is 11.3 Å². The van der Waals surface area contributed by atoms with Crippen molar-refractivity contribution >= 4 is 0 Å². The van der Waals surface area contributed by atoms with Gasteiger partial charge in [0, 0.05) is 7.11 Å². The van der Waals surface area contributed by atoms with Gasteiger partial charge in [0.15, 0.2) is 0 Å². The molecule has 1 aliphatic rings. The van der Waals surface area contributed by atoms with E-state index in [4.69, 9.17) is 10.6 Å². The third-order valence-electron chi connectivity index (χ3n) is 4.66. The molecule has 0 aliphatic heterocycles. The first-order chi connectivity index (χ1) is 9.43. The third-order valence-corrected chi connectivity index (χ3v) is 4.66. The van der Waals surface area contributed by atoms with Crippen molar-refractivity contribution in [1.29, 1.82) is 0 Å². The van der Waals surface area contributed by atoms with Crippen molar-refractivity contribution in [3.05, 3.63) is 35.4 Å². The summed E-state index contributed by atoms with van der Waals surface area (Å²) in [6.07, 6.45) is 4.57. The zero-order valence-corrected chi connectivity index (χ0v) is 13.2. The Balaban J connectivity index is 2.28. The largest absolute Gasteiger partial charge is 0.376 e. The minimum atomic E-state index is -0.155. The summed E-state index contributed by atoms with van der Waals surface area (Å²) < 4.78 is 5.86.